The van der Waals surface area contributed by atoms with Gasteiger partial charge >= 0.3 is 0 Å². The maximum Gasteiger partial charge on any atom is 0.248 e. The highest BCUT2D eigenvalue weighted by Gasteiger charge is 2.10. The van der Waals surface area contributed by atoms with Crippen molar-refractivity contribution in [1.29, 1.82) is 0 Å². The Morgan fingerprint density at radius 3 is 2.44 bits per heavy atom. The van der Waals surface area contributed by atoms with Crippen molar-refractivity contribution in [2.75, 3.05) is 7.11 Å². The van der Waals surface area contributed by atoms with Crippen molar-refractivity contribution in [2.24, 2.45) is 5.73 Å². The Morgan fingerprint density at radius 2 is 1.83 bits per heavy atom. The highest BCUT2D eigenvalue weighted by Crippen LogP contribution is 2.32. The van der Waals surface area contributed by atoms with E-state index in [4.69, 9.17) is 10.5 Å². The summed E-state index contributed by atoms with van der Waals surface area (Å²) in [6.07, 6.45) is 0. The summed E-state index contributed by atoms with van der Waals surface area (Å²) in [6, 6.07) is 13.3. The second kappa shape index (κ2) is 4.92. The fourth-order valence-electron chi connectivity index (χ4n) is 1.94. The van der Waals surface area contributed by atoms with Crippen molar-refractivity contribution in [3.05, 3.63) is 53.6 Å². The monoisotopic (exact) mass is 241 g/mol. The van der Waals surface area contributed by atoms with Crippen LogP contribution in [0.5, 0.6) is 5.75 Å². The van der Waals surface area contributed by atoms with Gasteiger partial charge in [-0.25, -0.2) is 0 Å². The number of primary amides is 1. The second-order valence-electron chi connectivity index (χ2n) is 4.09. The Balaban J connectivity index is 2.58. The number of nitrogens with two attached hydrogens (primary N) is 1. The van der Waals surface area contributed by atoms with Gasteiger partial charge in [0.2, 0.25) is 5.91 Å². The minimum Gasteiger partial charge on any atom is -0.496 e. The summed E-state index contributed by atoms with van der Waals surface area (Å²) < 4.78 is 5.34. The molecule has 0 saturated heterocycles. The molecule has 2 aromatic carbocycles. The summed E-state index contributed by atoms with van der Waals surface area (Å²) >= 11 is 0. The van der Waals surface area contributed by atoms with Gasteiger partial charge < -0.3 is 10.5 Å². The van der Waals surface area contributed by atoms with Crippen LogP contribution in [-0.4, -0.2) is 13.0 Å². The van der Waals surface area contributed by atoms with Gasteiger partial charge in [0.15, 0.2) is 0 Å². The molecule has 0 radical (unpaired) electrons. The van der Waals surface area contributed by atoms with E-state index in [-0.39, 0.29) is 0 Å². The summed E-state index contributed by atoms with van der Waals surface area (Å²) in [6.45, 7) is 2.04. The maximum atomic E-state index is 11.2. The van der Waals surface area contributed by atoms with Gasteiger partial charge in [0.25, 0.3) is 0 Å². The molecule has 2 aromatic rings. The Labute approximate surface area is 106 Å². The van der Waals surface area contributed by atoms with E-state index in [1.54, 1.807) is 19.2 Å². The summed E-state index contributed by atoms with van der Waals surface area (Å²) in [4.78, 5) is 11.2. The van der Waals surface area contributed by atoms with E-state index in [9.17, 15) is 4.79 Å². The molecule has 3 nitrogen and oxygen atoms in total. The smallest absolute Gasteiger partial charge is 0.248 e. The summed E-state index contributed by atoms with van der Waals surface area (Å²) in [5.74, 6) is 0.199. The molecule has 0 aliphatic heterocycles. The number of aryl methyl sites for hydroxylation is 1. The first kappa shape index (κ1) is 12.2. The van der Waals surface area contributed by atoms with Crippen LogP contribution in [0.3, 0.4) is 0 Å². The van der Waals surface area contributed by atoms with Crippen molar-refractivity contribution in [1.82, 2.24) is 0 Å². The topological polar surface area (TPSA) is 52.3 Å². The molecule has 0 saturated carbocycles. The predicted molar refractivity (Wildman–Crippen MR) is 71.7 cm³/mol. The summed E-state index contributed by atoms with van der Waals surface area (Å²) in [7, 11) is 1.59. The molecule has 0 aliphatic rings. The van der Waals surface area contributed by atoms with Gasteiger partial charge in [-0.3, -0.25) is 4.79 Å². The highest BCUT2D eigenvalue weighted by molar-refractivity contribution is 5.94. The third kappa shape index (κ3) is 2.20. The van der Waals surface area contributed by atoms with Gasteiger partial charge in [0, 0.05) is 11.1 Å². The number of rotatable bonds is 3. The Kier molecular flexibility index (Phi) is 3.33. The molecule has 2 N–H and O–H groups in total. The van der Waals surface area contributed by atoms with Gasteiger partial charge in [0.1, 0.15) is 5.75 Å². The van der Waals surface area contributed by atoms with Crippen LogP contribution < -0.4 is 10.5 Å². The van der Waals surface area contributed by atoms with Crippen LogP contribution in [0.1, 0.15) is 15.9 Å². The van der Waals surface area contributed by atoms with Gasteiger partial charge in [-0.15, -0.1) is 0 Å². The number of ether oxygens (including phenoxy) is 1. The number of methoxy groups -OCH3 is 1. The van der Waals surface area contributed by atoms with Gasteiger partial charge in [-0.1, -0.05) is 24.3 Å². The van der Waals surface area contributed by atoms with Gasteiger partial charge in [0.05, 0.1) is 7.11 Å². The zero-order valence-electron chi connectivity index (χ0n) is 10.4. The molecule has 0 bridgehead atoms. The number of benzene rings is 2. The number of carbonyl (C=O) groups is 1. The van der Waals surface area contributed by atoms with E-state index in [1.807, 2.05) is 37.3 Å². The van der Waals surface area contributed by atoms with Crippen LogP contribution in [-0.2, 0) is 0 Å². The average Bonchev–Trinajstić information content (AvgIpc) is 2.38. The standard InChI is InChI=1S/C15H15NO2/c1-10-5-3-4-6-12(10)13-8-7-11(15(16)17)9-14(13)18-2/h3-9H,1-2H3,(H2,16,17). The molecule has 0 fully saturated rings. The van der Waals surface area contributed by atoms with Crippen LogP contribution in [0.4, 0.5) is 0 Å². The molecular weight excluding hydrogens is 226 g/mol. The Morgan fingerprint density at radius 1 is 1.11 bits per heavy atom. The molecule has 18 heavy (non-hydrogen) atoms. The molecular formula is C15H15NO2. The van der Waals surface area contributed by atoms with Crippen LogP contribution in [0.15, 0.2) is 42.5 Å². The van der Waals surface area contributed by atoms with Crippen molar-refractivity contribution >= 4 is 5.91 Å². The lowest BCUT2D eigenvalue weighted by atomic mass is 9.98. The maximum absolute atomic E-state index is 11.2. The first-order valence-electron chi connectivity index (χ1n) is 5.67. The first-order chi connectivity index (χ1) is 8.63. The van der Waals surface area contributed by atoms with E-state index < -0.39 is 5.91 Å². The third-order valence-electron chi connectivity index (χ3n) is 2.92. The summed E-state index contributed by atoms with van der Waals surface area (Å²) in [5, 5.41) is 0. The van der Waals surface area contributed by atoms with Gasteiger partial charge in [-0.2, -0.15) is 0 Å². The minimum absolute atomic E-state index is 0.448. The van der Waals surface area contributed by atoms with Crippen LogP contribution in [0.25, 0.3) is 11.1 Å². The zero-order valence-corrected chi connectivity index (χ0v) is 10.4. The van der Waals surface area contributed by atoms with Crippen LogP contribution >= 0.6 is 0 Å². The molecule has 0 aromatic heterocycles. The van der Waals surface area contributed by atoms with Gasteiger partial charge in [-0.05, 0) is 36.2 Å². The second-order valence-corrected chi connectivity index (χ2v) is 4.09. The molecule has 0 heterocycles. The molecule has 1 amide bonds. The fraction of sp³-hybridized carbons (Fsp3) is 0.133. The number of carbonyl (C=O) groups excluding carboxylic acids is 1. The normalized spacial score (nSPS) is 10.1. The molecule has 0 aliphatic carbocycles. The molecule has 0 spiro atoms. The fourth-order valence-corrected chi connectivity index (χ4v) is 1.94. The predicted octanol–water partition coefficient (Wildman–Crippen LogP) is 2.77. The summed E-state index contributed by atoms with van der Waals surface area (Å²) in [5.41, 5.74) is 8.91. The zero-order chi connectivity index (χ0) is 13.1. The van der Waals surface area contributed by atoms with Crippen molar-refractivity contribution < 1.29 is 9.53 Å². The van der Waals surface area contributed by atoms with E-state index in [0.717, 1.165) is 16.7 Å². The van der Waals surface area contributed by atoms with E-state index in [2.05, 4.69) is 0 Å². The van der Waals surface area contributed by atoms with Crippen LogP contribution in [0.2, 0.25) is 0 Å². The largest absolute Gasteiger partial charge is 0.496 e. The van der Waals surface area contributed by atoms with Crippen molar-refractivity contribution in [3.63, 3.8) is 0 Å². The van der Waals surface area contributed by atoms with Crippen molar-refractivity contribution in [3.8, 4) is 16.9 Å². The lowest BCUT2D eigenvalue weighted by molar-refractivity contribution is 0.1000. The molecule has 3 heteroatoms. The Hall–Kier alpha value is -2.29. The molecule has 92 valence electrons. The molecule has 0 unspecified atom stereocenters. The van der Waals surface area contributed by atoms with Crippen molar-refractivity contribution in [2.45, 2.75) is 6.92 Å². The highest BCUT2D eigenvalue weighted by atomic mass is 16.5. The molecule has 0 atom stereocenters. The van der Waals surface area contributed by atoms with E-state index in [0.29, 0.717) is 11.3 Å². The quantitative estimate of drug-likeness (QED) is 0.898. The van der Waals surface area contributed by atoms with Crippen LogP contribution in [0, 0.1) is 6.92 Å². The number of hydrogen-bond donors (Lipinski definition) is 1. The van der Waals surface area contributed by atoms with E-state index in [1.165, 1.54) is 0 Å². The number of hydrogen-bond acceptors (Lipinski definition) is 2. The minimum atomic E-state index is -0.454. The third-order valence-corrected chi connectivity index (χ3v) is 2.92. The SMILES string of the molecule is COc1cc(C(N)=O)ccc1-c1ccccc1C. The average molecular weight is 241 g/mol. The number of amides is 1. The van der Waals surface area contributed by atoms with E-state index >= 15 is 0 Å². The first-order valence-corrected chi connectivity index (χ1v) is 5.67. The lowest BCUT2D eigenvalue weighted by Gasteiger charge is -2.11. The molecule has 2 rings (SSSR count). The lowest BCUT2D eigenvalue weighted by Crippen LogP contribution is -2.10. The Bertz CT molecular complexity index is 591.